The van der Waals surface area contributed by atoms with Crippen LogP contribution < -0.4 is 5.32 Å². The van der Waals surface area contributed by atoms with Crippen molar-refractivity contribution in [3.8, 4) is 0 Å². The van der Waals surface area contributed by atoms with E-state index in [0.717, 1.165) is 37.1 Å². The van der Waals surface area contributed by atoms with Crippen molar-refractivity contribution in [1.29, 1.82) is 0 Å². The third-order valence-electron chi connectivity index (χ3n) is 4.32. The Morgan fingerprint density at radius 3 is 2.68 bits per heavy atom. The zero-order valence-electron chi connectivity index (χ0n) is 13.2. The summed E-state index contributed by atoms with van der Waals surface area (Å²) >= 11 is 0. The van der Waals surface area contributed by atoms with E-state index in [4.69, 9.17) is 8.94 Å². The molecule has 0 saturated heterocycles. The lowest BCUT2D eigenvalue weighted by Gasteiger charge is -2.22. The molecular formula is C16H21N3O3. The van der Waals surface area contributed by atoms with Crippen LogP contribution >= 0.6 is 0 Å². The van der Waals surface area contributed by atoms with Crippen molar-refractivity contribution >= 4 is 11.8 Å². The number of amides is 1. The van der Waals surface area contributed by atoms with Gasteiger partial charge in [-0.25, -0.2) is 4.98 Å². The molecule has 2 aromatic rings. The average Bonchev–Trinajstić information content (AvgIpc) is 3.17. The minimum atomic E-state index is -0.286. The van der Waals surface area contributed by atoms with Gasteiger partial charge in [0.25, 0.3) is 0 Å². The highest BCUT2D eigenvalue weighted by molar-refractivity contribution is 5.90. The summed E-state index contributed by atoms with van der Waals surface area (Å²) in [7, 11) is 0. The topological polar surface area (TPSA) is 81.2 Å². The van der Waals surface area contributed by atoms with Crippen LogP contribution in [0.2, 0.25) is 0 Å². The van der Waals surface area contributed by atoms with Gasteiger partial charge in [-0.1, -0.05) is 31.8 Å². The Morgan fingerprint density at radius 1 is 1.36 bits per heavy atom. The number of aromatic nitrogens is 2. The summed E-state index contributed by atoms with van der Waals surface area (Å²) in [4.78, 5) is 16.0. The van der Waals surface area contributed by atoms with Gasteiger partial charge in [0.15, 0.2) is 5.89 Å². The third-order valence-corrected chi connectivity index (χ3v) is 4.32. The van der Waals surface area contributed by atoms with Gasteiger partial charge in [0, 0.05) is 18.9 Å². The van der Waals surface area contributed by atoms with Gasteiger partial charge in [0.1, 0.15) is 5.76 Å². The summed E-state index contributed by atoms with van der Waals surface area (Å²) in [6, 6.07) is 1.81. The lowest BCUT2D eigenvalue weighted by molar-refractivity contribution is -0.119. The zero-order valence-corrected chi connectivity index (χ0v) is 13.2. The largest absolute Gasteiger partial charge is 0.445 e. The van der Waals surface area contributed by atoms with E-state index in [1.165, 1.54) is 0 Å². The first-order valence-corrected chi connectivity index (χ1v) is 7.72. The Kier molecular flexibility index (Phi) is 3.76. The SMILES string of the molecule is Cc1ncc(C2(c3cc(NC(=O)C(C)C)on3)CCCC2)o1. The predicted molar refractivity (Wildman–Crippen MR) is 80.5 cm³/mol. The highest BCUT2D eigenvalue weighted by Gasteiger charge is 2.43. The van der Waals surface area contributed by atoms with Crippen molar-refractivity contribution in [3.63, 3.8) is 0 Å². The van der Waals surface area contributed by atoms with Gasteiger partial charge in [0.2, 0.25) is 11.8 Å². The molecule has 0 unspecified atom stereocenters. The molecule has 1 fully saturated rings. The fourth-order valence-corrected chi connectivity index (χ4v) is 3.02. The number of carbonyl (C=O) groups is 1. The number of hydrogen-bond acceptors (Lipinski definition) is 5. The zero-order chi connectivity index (χ0) is 15.7. The molecule has 0 radical (unpaired) electrons. The monoisotopic (exact) mass is 303 g/mol. The maximum Gasteiger partial charge on any atom is 0.231 e. The molecule has 3 rings (SSSR count). The summed E-state index contributed by atoms with van der Waals surface area (Å²) in [6.07, 6.45) is 5.90. The molecule has 1 aliphatic carbocycles. The number of carbonyl (C=O) groups excluding carboxylic acids is 1. The van der Waals surface area contributed by atoms with E-state index < -0.39 is 0 Å². The quantitative estimate of drug-likeness (QED) is 0.935. The Hall–Kier alpha value is -2.11. The first-order valence-electron chi connectivity index (χ1n) is 7.72. The van der Waals surface area contributed by atoms with Crippen molar-refractivity contribution in [2.45, 2.75) is 51.9 Å². The molecule has 2 heterocycles. The summed E-state index contributed by atoms with van der Waals surface area (Å²) in [5.41, 5.74) is 0.520. The van der Waals surface area contributed by atoms with E-state index in [-0.39, 0.29) is 17.2 Å². The normalized spacial score (nSPS) is 17.1. The molecule has 1 aliphatic rings. The van der Waals surface area contributed by atoms with E-state index in [2.05, 4.69) is 15.5 Å². The molecule has 0 aliphatic heterocycles. The van der Waals surface area contributed by atoms with E-state index >= 15 is 0 Å². The summed E-state index contributed by atoms with van der Waals surface area (Å²) in [6.45, 7) is 5.51. The van der Waals surface area contributed by atoms with Gasteiger partial charge in [0.05, 0.1) is 17.3 Å². The van der Waals surface area contributed by atoms with Crippen LogP contribution in [0.4, 0.5) is 5.88 Å². The standard InChI is InChI=1S/C16H21N3O3/c1-10(2)15(20)18-14-8-12(19-22-14)16(6-4-5-7-16)13-9-17-11(3)21-13/h8-10H,4-7H2,1-3H3,(H,18,20). The predicted octanol–water partition coefficient (Wildman–Crippen LogP) is 3.43. The van der Waals surface area contributed by atoms with Crippen LogP contribution in [0, 0.1) is 12.8 Å². The lowest BCUT2D eigenvalue weighted by Crippen LogP contribution is -2.23. The molecule has 118 valence electrons. The van der Waals surface area contributed by atoms with Crippen LogP contribution in [0.25, 0.3) is 0 Å². The molecule has 6 heteroatoms. The molecule has 1 N–H and O–H groups in total. The van der Waals surface area contributed by atoms with Gasteiger partial charge in [-0.15, -0.1) is 0 Å². The third kappa shape index (κ3) is 2.53. The number of nitrogens with one attached hydrogen (secondary N) is 1. The second-order valence-corrected chi connectivity index (χ2v) is 6.25. The van der Waals surface area contributed by atoms with Crippen molar-refractivity contribution < 1.29 is 13.7 Å². The van der Waals surface area contributed by atoms with Crippen molar-refractivity contribution in [1.82, 2.24) is 10.1 Å². The van der Waals surface area contributed by atoms with Crippen LogP contribution in [0.3, 0.4) is 0 Å². The Labute approximate surface area is 129 Å². The number of nitrogens with zero attached hydrogens (tertiary/aromatic N) is 2. The fraction of sp³-hybridized carbons (Fsp3) is 0.562. The Bertz CT molecular complexity index is 666. The van der Waals surface area contributed by atoms with Crippen LogP contribution in [0.15, 0.2) is 21.2 Å². The molecule has 1 saturated carbocycles. The summed E-state index contributed by atoms with van der Waals surface area (Å²) < 4.78 is 11.1. The molecular weight excluding hydrogens is 282 g/mol. The first-order chi connectivity index (χ1) is 10.5. The maximum atomic E-state index is 11.8. The van der Waals surface area contributed by atoms with Gasteiger partial charge in [-0.2, -0.15) is 0 Å². The molecule has 1 amide bonds. The number of anilines is 1. The summed E-state index contributed by atoms with van der Waals surface area (Å²) in [5, 5.41) is 6.94. The van der Waals surface area contributed by atoms with Gasteiger partial charge >= 0.3 is 0 Å². The van der Waals surface area contributed by atoms with Crippen LogP contribution in [-0.2, 0) is 10.2 Å². The molecule has 0 bridgehead atoms. The molecule has 0 spiro atoms. The smallest absolute Gasteiger partial charge is 0.231 e. The van der Waals surface area contributed by atoms with E-state index in [1.54, 1.807) is 6.20 Å². The Balaban J connectivity index is 1.90. The van der Waals surface area contributed by atoms with E-state index in [1.807, 2.05) is 26.8 Å². The Morgan fingerprint density at radius 2 is 2.09 bits per heavy atom. The van der Waals surface area contributed by atoms with Crippen molar-refractivity contribution in [2.24, 2.45) is 5.92 Å². The molecule has 22 heavy (non-hydrogen) atoms. The first kappa shape index (κ1) is 14.8. The van der Waals surface area contributed by atoms with Gasteiger partial charge in [-0.05, 0) is 12.8 Å². The van der Waals surface area contributed by atoms with E-state index in [0.29, 0.717) is 11.8 Å². The minimum absolute atomic E-state index is 0.0846. The van der Waals surface area contributed by atoms with Gasteiger partial charge in [-0.3, -0.25) is 10.1 Å². The molecule has 2 aromatic heterocycles. The number of oxazole rings is 1. The maximum absolute atomic E-state index is 11.8. The highest BCUT2D eigenvalue weighted by Crippen LogP contribution is 2.46. The van der Waals surface area contributed by atoms with Crippen molar-refractivity contribution in [2.75, 3.05) is 5.32 Å². The van der Waals surface area contributed by atoms with Crippen LogP contribution in [0.1, 0.15) is 56.9 Å². The lowest BCUT2D eigenvalue weighted by atomic mass is 9.80. The molecule has 0 atom stereocenters. The fourth-order valence-electron chi connectivity index (χ4n) is 3.02. The number of rotatable bonds is 4. The van der Waals surface area contributed by atoms with Crippen molar-refractivity contribution in [3.05, 3.63) is 29.6 Å². The number of aryl methyl sites for hydroxylation is 1. The minimum Gasteiger partial charge on any atom is -0.445 e. The van der Waals surface area contributed by atoms with Crippen LogP contribution in [0.5, 0.6) is 0 Å². The second kappa shape index (κ2) is 5.59. The highest BCUT2D eigenvalue weighted by atomic mass is 16.5. The van der Waals surface area contributed by atoms with Gasteiger partial charge < -0.3 is 8.94 Å². The number of hydrogen-bond donors (Lipinski definition) is 1. The van der Waals surface area contributed by atoms with Crippen LogP contribution in [-0.4, -0.2) is 16.0 Å². The van der Waals surface area contributed by atoms with E-state index in [9.17, 15) is 4.79 Å². The summed E-state index contributed by atoms with van der Waals surface area (Å²) in [5.74, 6) is 1.68. The average molecular weight is 303 g/mol. The molecule has 6 nitrogen and oxygen atoms in total. The molecule has 0 aromatic carbocycles. The second-order valence-electron chi connectivity index (χ2n) is 6.25.